The first-order valence-electron chi connectivity index (χ1n) is 8.14. The second-order valence-corrected chi connectivity index (χ2v) is 5.67. The number of nitro groups is 1. The van der Waals surface area contributed by atoms with Crippen molar-refractivity contribution < 1.29 is 14.5 Å². The molecule has 0 saturated heterocycles. The minimum atomic E-state index is -0.505. The largest absolute Gasteiger partial charge is 0.496 e. The Morgan fingerprint density at radius 2 is 2.25 bits per heavy atom. The monoisotopic (exact) mass is 380 g/mol. The predicted octanol–water partition coefficient (Wildman–Crippen LogP) is 2.01. The summed E-state index contributed by atoms with van der Waals surface area (Å²) in [7, 11) is 1.53. The first-order chi connectivity index (χ1) is 13.6. The molecule has 0 fully saturated rings. The van der Waals surface area contributed by atoms with Crippen molar-refractivity contribution in [3.8, 4) is 5.75 Å². The van der Waals surface area contributed by atoms with E-state index in [2.05, 4.69) is 20.6 Å². The average Bonchev–Trinajstić information content (AvgIpc) is 3.18. The summed E-state index contributed by atoms with van der Waals surface area (Å²) in [5.41, 5.74) is 4.20. The van der Waals surface area contributed by atoms with Crippen LogP contribution in [0.4, 0.5) is 5.69 Å². The van der Waals surface area contributed by atoms with Crippen LogP contribution in [0.2, 0.25) is 0 Å². The van der Waals surface area contributed by atoms with Crippen LogP contribution in [-0.2, 0) is 6.54 Å². The highest BCUT2D eigenvalue weighted by atomic mass is 16.6. The lowest BCUT2D eigenvalue weighted by atomic mass is 10.1. The Bertz CT molecular complexity index is 1020. The first-order valence-corrected chi connectivity index (χ1v) is 8.14. The van der Waals surface area contributed by atoms with Crippen LogP contribution in [0.1, 0.15) is 21.5 Å². The van der Waals surface area contributed by atoms with Crippen molar-refractivity contribution in [1.82, 2.24) is 20.2 Å². The summed E-state index contributed by atoms with van der Waals surface area (Å²) >= 11 is 0. The summed E-state index contributed by atoms with van der Waals surface area (Å²) in [4.78, 5) is 26.1. The number of ether oxygens (including phenoxy) is 1. The van der Waals surface area contributed by atoms with Gasteiger partial charge in [0, 0.05) is 18.0 Å². The molecule has 1 amide bonds. The lowest BCUT2D eigenvalue weighted by molar-refractivity contribution is -0.385. The molecule has 28 heavy (non-hydrogen) atoms. The molecule has 0 saturated carbocycles. The number of pyridine rings is 1. The Balaban J connectivity index is 1.72. The van der Waals surface area contributed by atoms with Gasteiger partial charge in [-0.05, 0) is 35.9 Å². The van der Waals surface area contributed by atoms with Gasteiger partial charge in [-0.15, -0.1) is 0 Å². The van der Waals surface area contributed by atoms with Crippen LogP contribution < -0.4 is 10.2 Å². The number of benzene rings is 1. The van der Waals surface area contributed by atoms with Gasteiger partial charge in [0.2, 0.25) is 0 Å². The van der Waals surface area contributed by atoms with Gasteiger partial charge in [0.25, 0.3) is 5.91 Å². The maximum absolute atomic E-state index is 11.9. The van der Waals surface area contributed by atoms with Crippen molar-refractivity contribution in [2.24, 2.45) is 5.10 Å². The normalized spacial score (nSPS) is 10.8. The molecule has 1 N–H and O–H groups in total. The fourth-order valence-electron chi connectivity index (χ4n) is 2.44. The molecule has 142 valence electrons. The van der Waals surface area contributed by atoms with Crippen molar-refractivity contribution in [2.45, 2.75) is 6.54 Å². The van der Waals surface area contributed by atoms with Crippen molar-refractivity contribution in [2.75, 3.05) is 7.11 Å². The molecule has 0 bridgehead atoms. The van der Waals surface area contributed by atoms with Crippen molar-refractivity contribution >= 4 is 17.8 Å². The zero-order valence-corrected chi connectivity index (χ0v) is 14.8. The van der Waals surface area contributed by atoms with Gasteiger partial charge in [0.15, 0.2) is 0 Å². The van der Waals surface area contributed by atoms with Gasteiger partial charge in [-0.25, -0.2) is 5.43 Å². The number of hydrazone groups is 1. The molecular weight excluding hydrogens is 364 g/mol. The van der Waals surface area contributed by atoms with E-state index in [0.29, 0.717) is 16.9 Å². The third kappa shape index (κ3) is 4.55. The van der Waals surface area contributed by atoms with E-state index >= 15 is 0 Å². The smallest absolute Gasteiger partial charge is 0.307 e. The van der Waals surface area contributed by atoms with Crippen LogP contribution in [0, 0.1) is 10.1 Å². The highest BCUT2D eigenvalue weighted by Crippen LogP contribution is 2.21. The number of amides is 1. The van der Waals surface area contributed by atoms with E-state index in [9.17, 15) is 14.9 Å². The Morgan fingerprint density at radius 1 is 1.39 bits per heavy atom. The average molecular weight is 380 g/mol. The van der Waals surface area contributed by atoms with Gasteiger partial charge in [-0.1, -0.05) is 0 Å². The quantitative estimate of drug-likeness (QED) is 0.380. The van der Waals surface area contributed by atoms with Gasteiger partial charge >= 0.3 is 5.69 Å². The molecule has 0 aliphatic heterocycles. The molecule has 0 aliphatic rings. The van der Waals surface area contributed by atoms with E-state index in [0.717, 1.165) is 5.56 Å². The van der Waals surface area contributed by atoms with Gasteiger partial charge in [-0.3, -0.25) is 24.6 Å². The maximum Gasteiger partial charge on any atom is 0.307 e. The summed E-state index contributed by atoms with van der Waals surface area (Å²) in [6.07, 6.45) is 7.04. The molecular formula is C18H16N6O4. The SMILES string of the molecule is COc1ccc(/C=N\NC(=O)c2cccnc2)cc1Cn1cc([N+](=O)[O-])cn1. The minimum Gasteiger partial charge on any atom is -0.496 e. The number of hydrogen-bond acceptors (Lipinski definition) is 7. The van der Waals surface area contributed by atoms with E-state index in [-0.39, 0.29) is 18.1 Å². The molecule has 0 radical (unpaired) electrons. The third-order valence-electron chi connectivity index (χ3n) is 3.77. The van der Waals surface area contributed by atoms with Crippen molar-refractivity contribution in [3.05, 3.63) is 81.9 Å². The van der Waals surface area contributed by atoms with E-state index in [1.54, 1.807) is 36.5 Å². The second-order valence-electron chi connectivity index (χ2n) is 5.67. The zero-order chi connectivity index (χ0) is 19.9. The van der Waals surface area contributed by atoms with Gasteiger partial charge in [0.05, 0.1) is 30.4 Å². The third-order valence-corrected chi connectivity index (χ3v) is 3.77. The lowest BCUT2D eigenvalue weighted by Gasteiger charge is -2.09. The molecule has 10 heteroatoms. The number of carbonyl (C=O) groups is 1. The van der Waals surface area contributed by atoms with Crippen LogP contribution >= 0.6 is 0 Å². The maximum atomic E-state index is 11.9. The second kappa shape index (κ2) is 8.54. The van der Waals surface area contributed by atoms with E-state index in [4.69, 9.17) is 4.74 Å². The summed E-state index contributed by atoms with van der Waals surface area (Å²) in [6, 6.07) is 8.61. The number of methoxy groups -OCH3 is 1. The highest BCUT2D eigenvalue weighted by Gasteiger charge is 2.11. The fourth-order valence-corrected chi connectivity index (χ4v) is 2.44. The first kappa shape index (κ1) is 18.7. The van der Waals surface area contributed by atoms with Crippen LogP contribution in [0.5, 0.6) is 5.75 Å². The number of nitrogens with one attached hydrogen (secondary N) is 1. The summed E-state index contributed by atoms with van der Waals surface area (Å²) in [5, 5.41) is 18.7. The standard InChI is InChI=1S/C18H16N6O4/c1-28-17-5-4-13(8-20-22-18(25)14-3-2-6-19-9-14)7-15(17)11-23-12-16(10-21-23)24(26)27/h2-10,12H,11H2,1H3,(H,22,25)/b20-8-. The van der Waals surface area contributed by atoms with Crippen molar-refractivity contribution in [3.63, 3.8) is 0 Å². The van der Waals surface area contributed by atoms with E-state index in [1.807, 2.05) is 0 Å². The van der Waals surface area contributed by atoms with Crippen molar-refractivity contribution in [1.29, 1.82) is 0 Å². The van der Waals surface area contributed by atoms with Crippen LogP contribution in [-0.4, -0.2) is 38.9 Å². The Kier molecular flexibility index (Phi) is 5.70. The van der Waals surface area contributed by atoms with E-state index in [1.165, 1.54) is 36.6 Å². The Morgan fingerprint density at radius 3 is 2.93 bits per heavy atom. The molecule has 3 aromatic rings. The number of rotatable bonds is 7. The number of hydrogen-bond donors (Lipinski definition) is 1. The molecule has 10 nitrogen and oxygen atoms in total. The summed E-state index contributed by atoms with van der Waals surface area (Å²) in [6.45, 7) is 0.279. The molecule has 0 atom stereocenters. The van der Waals surface area contributed by atoms with Gasteiger partial charge < -0.3 is 4.74 Å². The number of nitrogens with zero attached hydrogens (tertiary/aromatic N) is 5. The molecule has 2 heterocycles. The molecule has 0 spiro atoms. The van der Waals surface area contributed by atoms with Crippen LogP contribution in [0.25, 0.3) is 0 Å². The topological polar surface area (TPSA) is 125 Å². The number of carbonyl (C=O) groups excluding carboxylic acids is 1. The molecule has 2 aromatic heterocycles. The van der Waals surface area contributed by atoms with E-state index < -0.39 is 4.92 Å². The highest BCUT2D eigenvalue weighted by molar-refractivity contribution is 5.94. The van der Waals surface area contributed by atoms with Crippen LogP contribution in [0.3, 0.4) is 0 Å². The Labute approximate surface area is 159 Å². The summed E-state index contributed by atoms with van der Waals surface area (Å²) in [5.74, 6) is 0.233. The zero-order valence-electron chi connectivity index (χ0n) is 14.8. The molecule has 0 unspecified atom stereocenters. The van der Waals surface area contributed by atoms with Crippen LogP contribution in [0.15, 0.2) is 60.2 Å². The molecule has 3 rings (SSSR count). The summed E-state index contributed by atoms with van der Waals surface area (Å²) < 4.78 is 6.78. The van der Waals surface area contributed by atoms with Gasteiger partial charge in [-0.2, -0.15) is 10.2 Å². The molecule has 1 aromatic carbocycles. The molecule has 0 aliphatic carbocycles. The fraction of sp³-hybridized carbons (Fsp3) is 0.111. The minimum absolute atomic E-state index is 0.0881. The number of aromatic nitrogens is 3. The van der Waals surface area contributed by atoms with Gasteiger partial charge in [0.1, 0.15) is 18.1 Å². The lowest BCUT2D eigenvalue weighted by Crippen LogP contribution is -2.17. The Hall–Kier alpha value is -4.08. The predicted molar refractivity (Wildman–Crippen MR) is 100 cm³/mol.